The summed E-state index contributed by atoms with van der Waals surface area (Å²) in [6, 6.07) is 9.00. The maximum atomic E-state index is 12.4. The van der Waals surface area contributed by atoms with Crippen molar-refractivity contribution in [1.29, 1.82) is 0 Å². The van der Waals surface area contributed by atoms with Crippen molar-refractivity contribution in [3.05, 3.63) is 67.7 Å². The molecule has 1 aliphatic rings. The Labute approximate surface area is 185 Å². The highest BCUT2D eigenvalue weighted by atomic mass is 35.5. The standard InChI is InChI=1S/C22H22Cl3NO3/c1-12-8-13(6-7-15(12)20(27)28-21(2,3)4)18-11-22(5,29-26-18)14-9-16(23)19(25)17(24)10-14/h6-10H,11H2,1-5H3/t22-/m0/s1. The van der Waals surface area contributed by atoms with E-state index >= 15 is 0 Å². The molecule has 0 spiro atoms. The molecule has 3 rings (SSSR count). The Morgan fingerprint density at radius 3 is 2.31 bits per heavy atom. The molecule has 0 radical (unpaired) electrons. The predicted molar refractivity (Wildman–Crippen MR) is 117 cm³/mol. The minimum absolute atomic E-state index is 0.313. The second-order valence-electron chi connectivity index (χ2n) is 8.32. The molecule has 0 aliphatic carbocycles. The summed E-state index contributed by atoms with van der Waals surface area (Å²) in [5.41, 5.74) is 2.52. The maximum absolute atomic E-state index is 12.4. The van der Waals surface area contributed by atoms with E-state index in [0.717, 1.165) is 22.4 Å². The van der Waals surface area contributed by atoms with E-state index in [1.165, 1.54) is 0 Å². The number of oxime groups is 1. The summed E-state index contributed by atoms with van der Waals surface area (Å²) in [6.07, 6.45) is 0.520. The highest BCUT2D eigenvalue weighted by Gasteiger charge is 2.37. The zero-order chi connectivity index (χ0) is 21.6. The normalized spacial score (nSPS) is 19.0. The molecule has 0 saturated carbocycles. The molecular formula is C22H22Cl3NO3. The molecule has 0 aromatic heterocycles. The summed E-state index contributed by atoms with van der Waals surface area (Å²) in [7, 11) is 0. The van der Waals surface area contributed by atoms with Crippen molar-refractivity contribution >= 4 is 46.5 Å². The molecule has 29 heavy (non-hydrogen) atoms. The van der Waals surface area contributed by atoms with Gasteiger partial charge in [0, 0.05) is 12.0 Å². The minimum atomic E-state index is -0.717. The lowest BCUT2D eigenvalue weighted by molar-refractivity contribution is -0.00738. The van der Waals surface area contributed by atoms with Crippen LogP contribution in [0, 0.1) is 6.92 Å². The summed E-state index contributed by atoms with van der Waals surface area (Å²) in [4.78, 5) is 18.1. The third kappa shape index (κ3) is 4.71. The van der Waals surface area contributed by atoms with Gasteiger partial charge in [0.2, 0.25) is 0 Å². The van der Waals surface area contributed by atoms with E-state index in [2.05, 4.69) is 5.16 Å². The average molecular weight is 455 g/mol. The average Bonchev–Trinajstić information content (AvgIpc) is 3.01. The fourth-order valence-corrected chi connectivity index (χ4v) is 3.71. The van der Waals surface area contributed by atoms with Crippen LogP contribution in [0.4, 0.5) is 0 Å². The zero-order valence-corrected chi connectivity index (χ0v) is 19.2. The third-order valence-corrected chi connectivity index (χ3v) is 5.83. The van der Waals surface area contributed by atoms with Crippen molar-refractivity contribution in [3.8, 4) is 0 Å². The Morgan fingerprint density at radius 2 is 1.76 bits per heavy atom. The van der Waals surface area contributed by atoms with Crippen LogP contribution in [0.25, 0.3) is 0 Å². The number of ether oxygens (including phenoxy) is 1. The topological polar surface area (TPSA) is 47.9 Å². The first-order valence-electron chi connectivity index (χ1n) is 9.14. The van der Waals surface area contributed by atoms with Gasteiger partial charge in [-0.25, -0.2) is 4.79 Å². The minimum Gasteiger partial charge on any atom is -0.456 e. The van der Waals surface area contributed by atoms with E-state index in [9.17, 15) is 4.79 Å². The number of nitrogens with zero attached hydrogens (tertiary/aromatic N) is 1. The van der Waals surface area contributed by atoms with Crippen LogP contribution >= 0.6 is 34.8 Å². The van der Waals surface area contributed by atoms with Gasteiger partial charge in [0.1, 0.15) is 5.60 Å². The fourth-order valence-electron chi connectivity index (χ4n) is 3.12. The molecule has 1 atom stereocenters. The van der Waals surface area contributed by atoms with Crippen LogP contribution in [0.15, 0.2) is 35.5 Å². The molecule has 154 valence electrons. The van der Waals surface area contributed by atoms with Gasteiger partial charge in [-0.3, -0.25) is 0 Å². The summed E-state index contributed by atoms with van der Waals surface area (Å²) < 4.78 is 5.46. The van der Waals surface area contributed by atoms with Gasteiger partial charge < -0.3 is 9.57 Å². The number of aryl methyl sites for hydroxylation is 1. The summed E-state index contributed by atoms with van der Waals surface area (Å²) in [6.45, 7) is 9.32. The van der Waals surface area contributed by atoms with E-state index in [1.807, 2.05) is 46.8 Å². The molecule has 2 aromatic carbocycles. The summed E-state index contributed by atoms with van der Waals surface area (Å²) in [5.74, 6) is -0.346. The molecule has 0 bridgehead atoms. The molecule has 0 amide bonds. The third-order valence-electron chi connectivity index (χ3n) is 4.63. The number of benzene rings is 2. The van der Waals surface area contributed by atoms with Gasteiger partial charge >= 0.3 is 5.97 Å². The van der Waals surface area contributed by atoms with Crippen LogP contribution < -0.4 is 0 Å². The van der Waals surface area contributed by atoms with Crippen molar-refractivity contribution in [2.24, 2.45) is 5.16 Å². The predicted octanol–water partition coefficient (Wildman–Crippen LogP) is 6.95. The first kappa shape index (κ1) is 21.9. The van der Waals surface area contributed by atoms with Crippen molar-refractivity contribution in [2.75, 3.05) is 0 Å². The number of hydrogen-bond acceptors (Lipinski definition) is 4. The van der Waals surface area contributed by atoms with Crippen LogP contribution in [-0.4, -0.2) is 17.3 Å². The van der Waals surface area contributed by atoms with E-state index in [4.69, 9.17) is 44.4 Å². The smallest absolute Gasteiger partial charge is 0.338 e. The second-order valence-corrected chi connectivity index (χ2v) is 9.51. The molecule has 2 aromatic rings. The first-order chi connectivity index (χ1) is 13.4. The number of halogens is 3. The summed E-state index contributed by atoms with van der Waals surface area (Å²) in [5, 5.41) is 5.32. The molecule has 0 N–H and O–H groups in total. The van der Waals surface area contributed by atoms with Crippen LogP contribution in [0.1, 0.15) is 61.2 Å². The van der Waals surface area contributed by atoms with Crippen molar-refractivity contribution in [2.45, 2.75) is 52.2 Å². The van der Waals surface area contributed by atoms with Gasteiger partial charge in [0.05, 0.1) is 26.3 Å². The highest BCUT2D eigenvalue weighted by molar-refractivity contribution is 6.48. The SMILES string of the molecule is Cc1cc(C2=NO[C@](C)(c3cc(Cl)c(Cl)c(Cl)c3)C2)ccc1C(=O)OC(C)(C)C. The van der Waals surface area contributed by atoms with Gasteiger partial charge in [-0.1, -0.05) is 46.0 Å². The molecule has 7 heteroatoms. The number of carbonyl (C=O) groups is 1. The van der Waals surface area contributed by atoms with Crippen molar-refractivity contribution in [1.82, 2.24) is 0 Å². The van der Waals surface area contributed by atoms with Crippen LogP contribution in [0.3, 0.4) is 0 Å². The van der Waals surface area contributed by atoms with Crippen molar-refractivity contribution in [3.63, 3.8) is 0 Å². The molecule has 0 saturated heterocycles. The lowest BCUT2D eigenvalue weighted by Crippen LogP contribution is -2.24. The lowest BCUT2D eigenvalue weighted by Gasteiger charge is -2.23. The van der Waals surface area contributed by atoms with E-state index < -0.39 is 11.2 Å². The van der Waals surface area contributed by atoms with E-state index in [1.54, 1.807) is 18.2 Å². The molecule has 4 nitrogen and oxygen atoms in total. The van der Waals surface area contributed by atoms with Crippen LogP contribution in [0.5, 0.6) is 0 Å². The van der Waals surface area contributed by atoms with Crippen LogP contribution in [-0.2, 0) is 15.2 Å². The number of rotatable bonds is 3. The van der Waals surface area contributed by atoms with E-state index in [-0.39, 0.29) is 5.97 Å². The number of carbonyl (C=O) groups excluding carboxylic acids is 1. The Balaban J connectivity index is 1.83. The Hall–Kier alpha value is -1.75. The molecule has 1 heterocycles. The second kappa shape index (κ2) is 7.82. The van der Waals surface area contributed by atoms with Gasteiger partial charge in [-0.05, 0) is 70.0 Å². The molecule has 1 aliphatic heterocycles. The number of esters is 1. The van der Waals surface area contributed by atoms with Gasteiger partial charge in [-0.2, -0.15) is 0 Å². The van der Waals surface area contributed by atoms with Gasteiger partial charge in [0.15, 0.2) is 5.60 Å². The first-order valence-corrected chi connectivity index (χ1v) is 10.3. The maximum Gasteiger partial charge on any atom is 0.338 e. The van der Waals surface area contributed by atoms with Gasteiger partial charge in [0.25, 0.3) is 0 Å². The Bertz CT molecular complexity index is 988. The lowest BCUT2D eigenvalue weighted by atomic mass is 9.88. The summed E-state index contributed by atoms with van der Waals surface area (Å²) >= 11 is 18.4. The molecule has 0 fully saturated rings. The quantitative estimate of drug-likeness (QED) is 0.372. The molecular weight excluding hydrogens is 433 g/mol. The monoisotopic (exact) mass is 453 g/mol. The van der Waals surface area contributed by atoms with Crippen LogP contribution in [0.2, 0.25) is 15.1 Å². The molecule has 0 unspecified atom stereocenters. The Kier molecular flexibility index (Phi) is 5.92. The zero-order valence-electron chi connectivity index (χ0n) is 16.9. The highest BCUT2D eigenvalue weighted by Crippen LogP contribution is 2.41. The Morgan fingerprint density at radius 1 is 1.14 bits per heavy atom. The number of hydrogen-bond donors (Lipinski definition) is 0. The van der Waals surface area contributed by atoms with Crippen molar-refractivity contribution < 1.29 is 14.4 Å². The van der Waals surface area contributed by atoms with Gasteiger partial charge in [-0.15, -0.1) is 0 Å². The fraction of sp³-hybridized carbons (Fsp3) is 0.364. The van der Waals surface area contributed by atoms with E-state index in [0.29, 0.717) is 27.1 Å². The largest absolute Gasteiger partial charge is 0.456 e.